The molecular formula is C15H19N3O5. The molecule has 0 radical (unpaired) electrons. The van der Waals surface area contributed by atoms with E-state index < -0.39 is 17.4 Å². The average Bonchev–Trinajstić information content (AvgIpc) is 2.78. The minimum Gasteiger partial charge on any atom is -0.481 e. The number of carboxylic acid groups (broad SMARTS) is 1. The van der Waals surface area contributed by atoms with Gasteiger partial charge in [0.25, 0.3) is 11.6 Å². The first-order chi connectivity index (χ1) is 10.8. The number of amides is 1. The largest absolute Gasteiger partial charge is 0.481 e. The maximum absolute atomic E-state index is 12.7. The van der Waals surface area contributed by atoms with Crippen molar-refractivity contribution >= 4 is 23.0 Å². The molecule has 0 saturated carbocycles. The van der Waals surface area contributed by atoms with Gasteiger partial charge in [-0.3, -0.25) is 9.59 Å². The Bertz CT molecular complexity index is 755. The van der Waals surface area contributed by atoms with Crippen molar-refractivity contribution < 1.29 is 24.0 Å². The molecule has 0 aliphatic rings. The van der Waals surface area contributed by atoms with Crippen molar-refractivity contribution in [1.29, 1.82) is 0 Å². The molecule has 2 N–H and O–H groups in total. The van der Waals surface area contributed by atoms with E-state index in [4.69, 9.17) is 14.4 Å². The lowest BCUT2D eigenvalue weighted by Gasteiger charge is -2.28. The highest BCUT2D eigenvalue weighted by Crippen LogP contribution is 2.23. The summed E-state index contributed by atoms with van der Waals surface area (Å²) in [5.41, 5.74) is 0.736. The van der Waals surface area contributed by atoms with E-state index in [1.54, 1.807) is 26.8 Å². The number of nitrogens with zero attached hydrogens (tertiary/aromatic N) is 2. The Labute approximate surface area is 132 Å². The number of pyridine rings is 1. The summed E-state index contributed by atoms with van der Waals surface area (Å²) in [6, 6.07) is 1.62. The molecule has 23 heavy (non-hydrogen) atoms. The first-order valence-electron chi connectivity index (χ1n) is 7.02. The minimum atomic E-state index is -1.04. The van der Waals surface area contributed by atoms with Crippen LogP contribution in [0.3, 0.4) is 0 Å². The van der Waals surface area contributed by atoms with E-state index in [2.05, 4.69) is 15.5 Å². The first-order valence-corrected chi connectivity index (χ1v) is 7.02. The Morgan fingerprint density at radius 3 is 2.74 bits per heavy atom. The summed E-state index contributed by atoms with van der Waals surface area (Å²) in [5, 5.41) is 16.1. The Kier molecular flexibility index (Phi) is 4.65. The van der Waals surface area contributed by atoms with Crippen LogP contribution in [0.4, 0.5) is 0 Å². The lowest BCUT2D eigenvalue weighted by molar-refractivity contribution is -0.139. The van der Waals surface area contributed by atoms with Gasteiger partial charge >= 0.3 is 5.97 Å². The fourth-order valence-corrected chi connectivity index (χ4v) is 2.52. The van der Waals surface area contributed by atoms with Gasteiger partial charge in [-0.1, -0.05) is 5.16 Å². The molecule has 0 aliphatic carbocycles. The van der Waals surface area contributed by atoms with Crippen molar-refractivity contribution in [2.75, 3.05) is 13.7 Å². The van der Waals surface area contributed by atoms with Crippen LogP contribution in [0.5, 0.6) is 0 Å². The van der Waals surface area contributed by atoms with Crippen LogP contribution in [-0.2, 0) is 9.53 Å². The second-order valence-electron chi connectivity index (χ2n) is 5.78. The Balaban J connectivity index is 2.40. The minimum absolute atomic E-state index is 0.0703. The predicted molar refractivity (Wildman–Crippen MR) is 81.3 cm³/mol. The fraction of sp³-hybridized carbons (Fsp3) is 0.467. The molecule has 0 fully saturated rings. The number of rotatable bonds is 6. The third-order valence-corrected chi connectivity index (χ3v) is 3.41. The number of ether oxygens (including phenoxy) is 1. The number of nitrogens with one attached hydrogen (secondary N) is 1. The van der Waals surface area contributed by atoms with Crippen LogP contribution in [-0.4, -0.2) is 46.4 Å². The summed E-state index contributed by atoms with van der Waals surface area (Å²) in [4.78, 5) is 27.9. The number of hydrogen-bond acceptors (Lipinski definition) is 6. The molecular weight excluding hydrogens is 302 g/mol. The van der Waals surface area contributed by atoms with Crippen molar-refractivity contribution in [1.82, 2.24) is 15.5 Å². The molecule has 2 rings (SSSR count). The topological polar surface area (TPSA) is 115 Å². The van der Waals surface area contributed by atoms with Gasteiger partial charge in [0.2, 0.25) is 0 Å². The highest BCUT2D eigenvalue weighted by atomic mass is 16.5. The molecule has 0 spiro atoms. The zero-order chi connectivity index (χ0) is 17.2. The van der Waals surface area contributed by atoms with Crippen LogP contribution >= 0.6 is 0 Å². The monoisotopic (exact) mass is 321 g/mol. The van der Waals surface area contributed by atoms with Crippen LogP contribution in [0.25, 0.3) is 11.1 Å². The molecule has 0 saturated heterocycles. The molecule has 1 unspecified atom stereocenters. The van der Waals surface area contributed by atoms with Crippen molar-refractivity contribution in [3.63, 3.8) is 0 Å². The maximum Gasteiger partial charge on any atom is 0.305 e. The quantitative estimate of drug-likeness (QED) is 0.827. The van der Waals surface area contributed by atoms with Crippen molar-refractivity contribution in [3.8, 4) is 0 Å². The van der Waals surface area contributed by atoms with Crippen LogP contribution in [0.2, 0.25) is 0 Å². The molecule has 2 aromatic rings. The van der Waals surface area contributed by atoms with Gasteiger partial charge in [0.05, 0.1) is 35.2 Å². The van der Waals surface area contributed by atoms with Crippen molar-refractivity contribution in [3.05, 3.63) is 23.0 Å². The Hall–Kier alpha value is -2.48. The molecule has 0 aliphatic heterocycles. The molecule has 1 atom stereocenters. The fourth-order valence-electron chi connectivity index (χ4n) is 2.52. The van der Waals surface area contributed by atoms with Crippen LogP contribution < -0.4 is 5.32 Å². The third-order valence-electron chi connectivity index (χ3n) is 3.41. The number of aryl methyl sites for hydroxylation is 2. The average molecular weight is 321 g/mol. The summed E-state index contributed by atoms with van der Waals surface area (Å²) in [6.45, 7) is 5.14. The number of carboxylic acids is 1. The van der Waals surface area contributed by atoms with Crippen LogP contribution in [0.15, 0.2) is 10.6 Å². The molecule has 0 aromatic carbocycles. The summed E-state index contributed by atoms with van der Waals surface area (Å²) in [6.07, 6.45) is -0.262. The summed E-state index contributed by atoms with van der Waals surface area (Å²) < 4.78 is 10.1. The summed E-state index contributed by atoms with van der Waals surface area (Å²) >= 11 is 0. The van der Waals surface area contributed by atoms with E-state index in [9.17, 15) is 9.59 Å². The number of hydrogen-bond donors (Lipinski definition) is 2. The maximum atomic E-state index is 12.7. The Morgan fingerprint density at radius 2 is 2.13 bits per heavy atom. The number of carbonyl (C=O) groups is 2. The number of aromatic nitrogens is 2. The van der Waals surface area contributed by atoms with E-state index in [0.717, 1.165) is 0 Å². The lowest BCUT2D eigenvalue weighted by Crippen LogP contribution is -2.50. The molecule has 124 valence electrons. The van der Waals surface area contributed by atoms with Gasteiger partial charge in [-0.25, -0.2) is 4.98 Å². The molecule has 1 amide bonds. The van der Waals surface area contributed by atoms with Crippen molar-refractivity contribution in [2.45, 2.75) is 32.7 Å². The van der Waals surface area contributed by atoms with Gasteiger partial charge in [-0.2, -0.15) is 0 Å². The van der Waals surface area contributed by atoms with Crippen LogP contribution in [0, 0.1) is 13.8 Å². The first kappa shape index (κ1) is 16.9. The highest BCUT2D eigenvalue weighted by molar-refractivity contribution is 6.06. The van der Waals surface area contributed by atoms with Crippen molar-refractivity contribution in [2.24, 2.45) is 0 Å². The van der Waals surface area contributed by atoms with Crippen LogP contribution in [0.1, 0.15) is 35.1 Å². The van der Waals surface area contributed by atoms with E-state index in [1.807, 2.05) is 0 Å². The summed E-state index contributed by atoms with van der Waals surface area (Å²) in [7, 11) is 1.45. The van der Waals surface area contributed by atoms with E-state index in [0.29, 0.717) is 22.3 Å². The second kappa shape index (κ2) is 6.33. The van der Waals surface area contributed by atoms with E-state index in [-0.39, 0.29) is 18.7 Å². The SMILES string of the molecule is COCC(C)(CC(=O)O)NC(=O)c1cc(C)nc2onc(C)c12. The Morgan fingerprint density at radius 1 is 1.43 bits per heavy atom. The van der Waals surface area contributed by atoms with Gasteiger partial charge in [0.1, 0.15) is 0 Å². The predicted octanol–water partition coefficient (Wildman–Crippen LogP) is 1.45. The number of carbonyl (C=O) groups excluding carboxylic acids is 1. The number of methoxy groups -OCH3 is 1. The van der Waals surface area contributed by atoms with E-state index >= 15 is 0 Å². The van der Waals surface area contributed by atoms with Gasteiger partial charge in [-0.15, -0.1) is 0 Å². The number of fused-ring (bicyclic) bond motifs is 1. The zero-order valence-electron chi connectivity index (χ0n) is 13.5. The molecule has 0 bridgehead atoms. The lowest BCUT2D eigenvalue weighted by atomic mass is 9.97. The normalized spacial score (nSPS) is 13.7. The molecule has 8 heteroatoms. The third kappa shape index (κ3) is 3.65. The second-order valence-corrected chi connectivity index (χ2v) is 5.78. The zero-order valence-corrected chi connectivity index (χ0v) is 13.5. The smallest absolute Gasteiger partial charge is 0.305 e. The summed E-state index contributed by atoms with van der Waals surface area (Å²) in [5.74, 6) is -1.45. The van der Waals surface area contributed by atoms with Gasteiger partial charge in [0, 0.05) is 12.8 Å². The molecule has 2 aromatic heterocycles. The van der Waals surface area contributed by atoms with Gasteiger partial charge < -0.3 is 19.7 Å². The van der Waals surface area contributed by atoms with Gasteiger partial charge in [0.15, 0.2) is 0 Å². The molecule has 2 heterocycles. The van der Waals surface area contributed by atoms with E-state index in [1.165, 1.54) is 7.11 Å². The molecule has 8 nitrogen and oxygen atoms in total. The standard InChI is InChI=1S/C15H19N3O5/c1-8-5-10(12-9(2)18-23-14(12)16-8)13(21)17-15(3,7-22-4)6-11(19)20/h5H,6-7H2,1-4H3,(H,17,21)(H,19,20). The number of aliphatic carboxylic acids is 1. The highest BCUT2D eigenvalue weighted by Gasteiger charge is 2.31. The van der Waals surface area contributed by atoms with Gasteiger partial charge in [-0.05, 0) is 26.8 Å².